The fraction of sp³-hybridized carbons (Fsp3) is 0.438. The molecule has 0 radical (unpaired) electrons. The van der Waals surface area contributed by atoms with Crippen LogP contribution in [0.15, 0.2) is 24.3 Å². The Balaban J connectivity index is 1.96. The molecule has 3 aromatic rings. The van der Waals surface area contributed by atoms with Crippen LogP contribution in [0, 0.1) is 6.92 Å². The van der Waals surface area contributed by atoms with Gasteiger partial charge in [-0.15, -0.1) is 0 Å². The lowest BCUT2D eigenvalue weighted by Gasteiger charge is -2.10. The third-order valence-corrected chi connectivity index (χ3v) is 3.80. The van der Waals surface area contributed by atoms with Gasteiger partial charge in [-0.05, 0) is 19.1 Å². The summed E-state index contributed by atoms with van der Waals surface area (Å²) in [7, 11) is 1.52. The summed E-state index contributed by atoms with van der Waals surface area (Å²) in [6, 6.07) is 7.48. The van der Waals surface area contributed by atoms with Gasteiger partial charge in [0.15, 0.2) is 5.82 Å². The molecule has 1 aromatic carbocycles. The predicted octanol–water partition coefficient (Wildman–Crippen LogP) is 2.74. The Morgan fingerprint density at radius 1 is 1.16 bits per heavy atom. The standard InChI is InChI=1S/C16H18F3N5O/c1-11-20-12-5-3-4-6-13(12)23(11)9-15-21-14(7-8-25-2)22-24(15)10-16(17,18)19/h3-6H,7-10H2,1-2H3. The third kappa shape index (κ3) is 3.98. The number of fused-ring (bicyclic) bond motifs is 1. The molecule has 0 aliphatic heterocycles. The average molecular weight is 353 g/mol. The van der Waals surface area contributed by atoms with Gasteiger partial charge in [0.1, 0.15) is 18.2 Å². The molecule has 0 amide bonds. The third-order valence-electron chi connectivity index (χ3n) is 3.80. The molecule has 2 aromatic heterocycles. The summed E-state index contributed by atoms with van der Waals surface area (Å²) in [5, 5.41) is 4.00. The molecule has 2 heterocycles. The van der Waals surface area contributed by atoms with E-state index in [4.69, 9.17) is 4.74 Å². The van der Waals surface area contributed by atoms with E-state index in [0.29, 0.717) is 24.7 Å². The first-order valence-electron chi connectivity index (χ1n) is 7.77. The topological polar surface area (TPSA) is 57.8 Å². The molecule has 0 spiro atoms. The molecular formula is C16H18F3N5O. The molecule has 0 bridgehead atoms. The number of hydrogen-bond acceptors (Lipinski definition) is 4. The molecule has 0 aliphatic rings. The molecule has 134 valence electrons. The fourth-order valence-corrected chi connectivity index (χ4v) is 2.68. The van der Waals surface area contributed by atoms with E-state index in [9.17, 15) is 13.2 Å². The van der Waals surface area contributed by atoms with Gasteiger partial charge in [0.05, 0.1) is 24.2 Å². The summed E-state index contributed by atoms with van der Waals surface area (Å²) >= 11 is 0. The highest BCUT2D eigenvalue weighted by Gasteiger charge is 2.30. The van der Waals surface area contributed by atoms with Crippen LogP contribution in [0.3, 0.4) is 0 Å². The van der Waals surface area contributed by atoms with E-state index in [0.717, 1.165) is 15.7 Å². The second-order valence-electron chi connectivity index (χ2n) is 5.69. The monoisotopic (exact) mass is 353 g/mol. The van der Waals surface area contributed by atoms with Gasteiger partial charge < -0.3 is 9.30 Å². The number of imidazole rings is 1. The van der Waals surface area contributed by atoms with E-state index in [-0.39, 0.29) is 12.4 Å². The Morgan fingerprint density at radius 3 is 2.64 bits per heavy atom. The summed E-state index contributed by atoms with van der Waals surface area (Å²) in [6.07, 6.45) is -4.01. The number of hydrogen-bond donors (Lipinski definition) is 0. The van der Waals surface area contributed by atoms with Gasteiger partial charge >= 0.3 is 6.18 Å². The Kier molecular flexibility index (Phi) is 4.76. The van der Waals surface area contributed by atoms with Gasteiger partial charge in [0, 0.05) is 13.5 Å². The van der Waals surface area contributed by atoms with Crippen LogP contribution in [0.25, 0.3) is 11.0 Å². The summed E-state index contributed by atoms with van der Waals surface area (Å²) in [5.74, 6) is 1.29. The average Bonchev–Trinajstić information content (AvgIpc) is 3.05. The van der Waals surface area contributed by atoms with Crippen LogP contribution in [-0.2, 0) is 24.2 Å². The van der Waals surface area contributed by atoms with Crippen molar-refractivity contribution in [2.75, 3.05) is 13.7 Å². The fourth-order valence-electron chi connectivity index (χ4n) is 2.68. The van der Waals surface area contributed by atoms with Crippen molar-refractivity contribution in [1.82, 2.24) is 24.3 Å². The van der Waals surface area contributed by atoms with E-state index in [2.05, 4.69) is 15.1 Å². The molecule has 0 fully saturated rings. The molecule has 0 saturated carbocycles. The van der Waals surface area contributed by atoms with Gasteiger partial charge in [-0.3, -0.25) is 0 Å². The van der Waals surface area contributed by atoms with Crippen molar-refractivity contribution in [3.63, 3.8) is 0 Å². The molecule has 9 heteroatoms. The summed E-state index contributed by atoms with van der Waals surface area (Å²) in [6.45, 7) is 1.16. The van der Waals surface area contributed by atoms with Crippen LogP contribution < -0.4 is 0 Å². The maximum Gasteiger partial charge on any atom is 0.408 e. The number of alkyl halides is 3. The smallest absolute Gasteiger partial charge is 0.384 e. The van der Waals surface area contributed by atoms with E-state index >= 15 is 0 Å². The lowest BCUT2D eigenvalue weighted by atomic mass is 10.3. The minimum Gasteiger partial charge on any atom is -0.384 e. The number of benzene rings is 1. The first-order chi connectivity index (χ1) is 11.9. The van der Waals surface area contributed by atoms with Gasteiger partial charge in [-0.1, -0.05) is 12.1 Å². The van der Waals surface area contributed by atoms with Gasteiger partial charge in [0.2, 0.25) is 0 Å². The first kappa shape index (κ1) is 17.4. The summed E-state index contributed by atoms with van der Waals surface area (Å²) < 4.78 is 46.3. The van der Waals surface area contributed by atoms with Crippen LogP contribution in [0.2, 0.25) is 0 Å². The zero-order valence-corrected chi connectivity index (χ0v) is 13.9. The normalized spacial score (nSPS) is 12.2. The minimum absolute atomic E-state index is 0.169. The first-order valence-corrected chi connectivity index (χ1v) is 7.77. The second kappa shape index (κ2) is 6.83. The van der Waals surface area contributed by atoms with Crippen LogP contribution in [0.5, 0.6) is 0 Å². The van der Waals surface area contributed by atoms with Crippen molar-refractivity contribution >= 4 is 11.0 Å². The number of methoxy groups -OCH3 is 1. The van der Waals surface area contributed by atoms with Gasteiger partial charge in [-0.2, -0.15) is 18.3 Å². The highest BCUT2D eigenvalue weighted by molar-refractivity contribution is 5.75. The highest BCUT2D eigenvalue weighted by Crippen LogP contribution is 2.20. The van der Waals surface area contributed by atoms with Crippen LogP contribution in [-0.4, -0.2) is 44.2 Å². The minimum atomic E-state index is -4.37. The molecule has 0 N–H and O–H groups in total. The zero-order valence-electron chi connectivity index (χ0n) is 13.9. The number of aryl methyl sites for hydroxylation is 1. The van der Waals surface area contributed by atoms with Crippen LogP contribution >= 0.6 is 0 Å². The maximum atomic E-state index is 12.9. The second-order valence-corrected chi connectivity index (χ2v) is 5.69. The predicted molar refractivity (Wildman–Crippen MR) is 85.2 cm³/mol. The van der Waals surface area contributed by atoms with Crippen molar-refractivity contribution in [2.24, 2.45) is 0 Å². The molecule has 3 rings (SSSR count). The van der Waals surface area contributed by atoms with E-state index in [1.165, 1.54) is 7.11 Å². The molecule has 0 atom stereocenters. The zero-order chi connectivity index (χ0) is 18.0. The van der Waals surface area contributed by atoms with Crippen molar-refractivity contribution in [2.45, 2.75) is 32.6 Å². The molecule has 25 heavy (non-hydrogen) atoms. The SMILES string of the molecule is COCCc1nc(Cn2c(C)nc3ccccc32)n(CC(F)(F)F)n1. The molecule has 0 unspecified atom stereocenters. The molecule has 0 saturated heterocycles. The summed E-state index contributed by atoms with van der Waals surface area (Å²) in [5.41, 5.74) is 1.64. The number of rotatable bonds is 6. The Bertz CT molecular complexity index is 868. The number of ether oxygens (including phenoxy) is 1. The van der Waals surface area contributed by atoms with E-state index < -0.39 is 12.7 Å². The summed E-state index contributed by atoms with van der Waals surface area (Å²) in [4.78, 5) is 8.71. The quantitative estimate of drug-likeness (QED) is 0.684. The molecule has 0 aliphatic carbocycles. The van der Waals surface area contributed by atoms with Gasteiger partial charge in [0.25, 0.3) is 0 Å². The van der Waals surface area contributed by atoms with Crippen molar-refractivity contribution in [3.05, 3.63) is 41.7 Å². The maximum absolute atomic E-state index is 12.9. The largest absolute Gasteiger partial charge is 0.408 e. The van der Waals surface area contributed by atoms with Gasteiger partial charge in [-0.25, -0.2) is 14.6 Å². The Hall–Kier alpha value is -2.42. The van der Waals surface area contributed by atoms with Crippen LogP contribution in [0.1, 0.15) is 17.5 Å². The molecule has 6 nitrogen and oxygen atoms in total. The van der Waals surface area contributed by atoms with E-state index in [1.54, 1.807) is 0 Å². The number of aromatic nitrogens is 5. The number of para-hydroxylation sites is 2. The van der Waals surface area contributed by atoms with Crippen LogP contribution in [0.4, 0.5) is 13.2 Å². The number of halogens is 3. The number of nitrogens with zero attached hydrogens (tertiary/aromatic N) is 5. The van der Waals surface area contributed by atoms with E-state index in [1.807, 2.05) is 35.8 Å². The lowest BCUT2D eigenvalue weighted by Crippen LogP contribution is -2.21. The van der Waals surface area contributed by atoms with Crippen molar-refractivity contribution in [3.8, 4) is 0 Å². The highest BCUT2D eigenvalue weighted by atomic mass is 19.4. The van der Waals surface area contributed by atoms with Crippen molar-refractivity contribution in [1.29, 1.82) is 0 Å². The lowest BCUT2D eigenvalue weighted by molar-refractivity contribution is -0.143. The Morgan fingerprint density at radius 2 is 1.92 bits per heavy atom. The Labute approximate surface area is 142 Å². The molecular weight excluding hydrogens is 335 g/mol. The van der Waals surface area contributed by atoms with Crippen molar-refractivity contribution < 1.29 is 17.9 Å².